The number of hydrogen-bond donors (Lipinski definition) is 1. The summed E-state index contributed by atoms with van der Waals surface area (Å²) in [6.07, 6.45) is 0. The number of ketones is 1. The summed E-state index contributed by atoms with van der Waals surface area (Å²) < 4.78 is 0. The maximum Gasteiger partial charge on any atom is 0.155 e. The molecule has 0 amide bonds. The van der Waals surface area contributed by atoms with Gasteiger partial charge >= 0.3 is 0 Å². The molecule has 0 aromatic carbocycles. The molecule has 2 N–H and O–H groups in total. The molecule has 1 atom stereocenters. The summed E-state index contributed by atoms with van der Waals surface area (Å²) in [6.45, 7) is 10.0. The van der Waals surface area contributed by atoms with Gasteiger partial charge in [-0.05, 0) is 0 Å². The van der Waals surface area contributed by atoms with Gasteiger partial charge in [0.25, 0.3) is 0 Å². The maximum absolute atomic E-state index is 11.7. The zero-order chi connectivity index (χ0) is 11.4. The lowest BCUT2D eigenvalue weighted by molar-refractivity contribution is -0.127. The summed E-state index contributed by atoms with van der Waals surface area (Å²) in [5.74, 6) is 0.855. The molecule has 0 saturated carbocycles. The molecule has 0 aliphatic heterocycles. The molecule has 0 aliphatic carbocycles. The minimum atomic E-state index is -0.328. The van der Waals surface area contributed by atoms with Gasteiger partial charge in [-0.25, -0.2) is 0 Å². The second-order valence-corrected chi connectivity index (χ2v) is 7.64. The van der Waals surface area contributed by atoms with E-state index >= 15 is 0 Å². The zero-order valence-corrected chi connectivity index (χ0v) is 11.3. The number of nitrogens with two attached hydrogens (primary N) is 1. The number of carbonyl (C=O) groups excluding carboxylic acids is 1. The smallest absolute Gasteiger partial charge is 0.155 e. The first-order valence-corrected chi connectivity index (χ1v) is 7.21. The van der Waals surface area contributed by atoms with E-state index in [2.05, 4.69) is 13.8 Å². The molecular formula is C10H21NOS2. The van der Waals surface area contributed by atoms with Crippen LogP contribution in [0, 0.1) is 5.41 Å². The van der Waals surface area contributed by atoms with Gasteiger partial charge in [-0.15, -0.1) is 0 Å². The van der Waals surface area contributed by atoms with E-state index in [-0.39, 0.29) is 17.2 Å². The summed E-state index contributed by atoms with van der Waals surface area (Å²) >= 11 is 0. The first-order valence-electron chi connectivity index (χ1n) is 4.83. The average Bonchev–Trinajstić information content (AvgIpc) is 2.00. The van der Waals surface area contributed by atoms with Gasteiger partial charge in [0, 0.05) is 16.4 Å². The summed E-state index contributed by atoms with van der Waals surface area (Å²) in [5.41, 5.74) is 5.49. The van der Waals surface area contributed by atoms with E-state index in [1.165, 1.54) is 0 Å². The van der Waals surface area contributed by atoms with Gasteiger partial charge in [0.1, 0.15) is 0 Å². The van der Waals surface area contributed by atoms with Gasteiger partial charge in [-0.2, -0.15) is 0 Å². The highest BCUT2D eigenvalue weighted by Crippen LogP contribution is 2.27. The van der Waals surface area contributed by atoms with Crippen LogP contribution in [0.1, 0.15) is 34.6 Å². The fourth-order valence-electron chi connectivity index (χ4n) is 0.881. The molecule has 0 aliphatic rings. The van der Waals surface area contributed by atoms with E-state index in [1.54, 1.807) is 21.6 Å². The van der Waals surface area contributed by atoms with E-state index in [0.29, 0.717) is 11.0 Å². The van der Waals surface area contributed by atoms with Crippen molar-refractivity contribution in [2.45, 2.75) is 45.9 Å². The van der Waals surface area contributed by atoms with Crippen LogP contribution in [-0.4, -0.2) is 22.8 Å². The minimum Gasteiger partial charge on any atom is -0.321 e. The Morgan fingerprint density at radius 3 is 2.21 bits per heavy atom. The van der Waals surface area contributed by atoms with Crippen molar-refractivity contribution in [2.24, 2.45) is 11.1 Å². The Balaban J connectivity index is 3.86. The highest BCUT2D eigenvalue weighted by Gasteiger charge is 2.26. The fourth-order valence-corrected chi connectivity index (χ4v) is 3.02. The summed E-state index contributed by atoms with van der Waals surface area (Å²) in [4.78, 5) is 11.7. The van der Waals surface area contributed by atoms with Crippen molar-refractivity contribution in [1.82, 2.24) is 0 Å². The maximum atomic E-state index is 11.7. The summed E-state index contributed by atoms with van der Waals surface area (Å²) in [5, 5.41) is 0.580. The zero-order valence-electron chi connectivity index (χ0n) is 9.66. The highest BCUT2D eigenvalue weighted by atomic mass is 33.1. The lowest BCUT2D eigenvalue weighted by Gasteiger charge is -2.21. The molecular weight excluding hydrogens is 214 g/mol. The molecule has 0 bridgehead atoms. The van der Waals surface area contributed by atoms with Crippen molar-refractivity contribution in [3.05, 3.63) is 0 Å². The minimum absolute atomic E-state index is 0.148. The Bertz CT molecular complexity index is 187. The molecule has 0 aromatic heterocycles. The van der Waals surface area contributed by atoms with Crippen molar-refractivity contribution < 1.29 is 4.79 Å². The van der Waals surface area contributed by atoms with Crippen LogP contribution in [0.15, 0.2) is 0 Å². The van der Waals surface area contributed by atoms with Gasteiger partial charge in [0.15, 0.2) is 5.78 Å². The Hall–Kier alpha value is 0.330. The van der Waals surface area contributed by atoms with Crippen LogP contribution in [0.2, 0.25) is 0 Å². The van der Waals surface area contributed by atoms with Crippen LogP contribution in [0.5, 0.6) is 0 Å². The Kier molecular flexibility index (Phi) is 6.17. The first kappa shape index (κ1) is 14.3. The van der Waals surface area contributed by atoms with Gasteiger partial charge in [0.05, 0.1) is 6.04 Å². The predicted molar refractivity (Wildman–Crippen MR) is 67.6 cm³/mol. The van der Waals surface area contributed by atoms with Crippen LogP contribution in [-0.2, 0) is 4.79 Å². The number of hydrogen-bond acceptors (Lipinski definition) is 4. The normalized spacial score (nSPS) is 14.5. The highest BCUT2D eigenvalue weighted by molar-refractivity contribution is 8.76. The van der Waals surface area contributed by atoms with Crippen LogP contribution >= 0.6 is 21.6 Å². The molecule has 0 fully saturated rings. The largest absolute Gasteiger partial charge is 0.321 e. The van der Waals surface area contributed by atoms with E-state index in [9.17, 15) is 4.79 Å². The molecule has 14 heavy (non-hydrogen) atoms. The van der Waals surface area contributed by atoms with Crippen molar-refractivity contribution in [2.75, 3.05) is 5.75 Å². The monoisotopic (exact) mass is 235 g/mol. The molecule has 0 rings (SSSR count). The molecule has 84 valence electrons. The molecule has 4 heteroatoms. The fraction of sp³-hybridized carbons (Fsp3) is 0.900. The number of rotatable bonds is 5. The molecule has 0 saturated heterocycles. The van der Waals surface area contributed by atoms with Gasteiger partial charge < -0.3 is 5.73 Å². The first-order chi connectivity index (χ1) is 6.25. The van der Waals surface area contributed by atoms with E-state index in [4.69, 9.17) is 5.73 Å². The third kappa shape index (κ3) is 5.94. The molecule has 0 heterocycles. The lowest BCUT2D eigenvalue weighted by Crippen LogP contribution is -2.40. The molecule has 0 aromatic rings. The SMILES string of the molecule is CC(C)SSC[C@H](N)C(=O)C(C)(C)C. The molecule has 2 nitrogen and oxygen atoms in total. The Labute approximate surface area is 95.2 Å². The van der Waals surface area contributed by atoms with Crippen molar-refractivity contribution in [1.29, 1.82) is 0 Å². The summed E-state index contributed by atoms with van der Waals surface area (Å²) in [7, 11) is 3.46. The van der Waals surface area contributed by atoms with Gasteiger partial charge in [-0.1, -0.05) is 56.2 Å². The lowest BCUT2D eigenvalue weighted by atomic mass is 9.87. The quantitative estimate of drug-likeness (QED) is 0.744. The number of carbonyl (C=O) groups is 1. The average molecular weight is 235 g/mol. The Morgan fingerprint density at radius 2 is 1.86 bits per heavy atom. The summed E-state index contributed by atoms with van der Waals surface area (Å²) in [6, 6.07) is -0.328. The number of Topliss-reactive ketones (excluding diaryl/α,β-unsaturated/α-hetero) is 1. The predicted octanol–water partition coefficient (Wildman–Crippen LogP) is 2.72. The van der Waals surface area contributed by atoms with Crippen molar-refractivity contribution >= 4 is 27.4 Å². The molecule has 0 radical (unpaired) electrons. The van der Waals surface area contributed by atoms with Crippen LogP contribution in [0.25, 0.3) is 0 Å². The van der Waals surface area contributed by atoms with Crippen LogP contribution in [0.3, 0.4) is 0 Å². The van der Waals surface area contributed by atoms with Crippen LogP contribution in [0.4, 0.5) is 0 Å². The third-order valence-corrected chi connectivity index (χ3v) is 4.57. The van der Waals surface area contributed by atoms with Crippen molar-refractivity contribution in [3.63, 3.8) is 0 Å². The topological polar surface area (TPSA) is 43.1 Å². The Morgan fingerprint density at radius 1 is 1.36 bits per heavy atom. The molecule has 0 spiro atoms. The van der Waals surface area contributed by atoms with E-state index in [1.807, 2.05) is 20.8 Å². The van der Waals surface area contributed by atoms with Gasteiger partial charge in [-0.3, -0.25) is 4.79 Å². The third-order valence-electron chi connectivity index (χ3n) is 1.58. The van der Waals surface area contributed by atoms with Crippen LogP contribution < -0.4 is 5.73 Å². The van der Waals surface area contributed by atoms with Gasteiger partial charge in [0.2, 0.25) is 0 Å². The van der Waals surface area contributed by atoms with E-state index < -0.39 is 0 Å². The molecule has 0 unspecified atom stereocenters. The second-order valence-electron chi connectivity index (χ2n) is 4.65. The standard InChI is InChI=1S/C10H21NOS2/c1-7(2)14-13-6-8(11)9(12)10(3,4)5/h7-8H,6,11H2,1-5H3/t8-/m0/s1. The second kappa shape index (κ2) is 6.03. The van der Waals surface area contributed by atoms with Crippen molar-refractivity contribution in [3.8, 4) is 0 Å². The van der Waals surface area contributed by atoms with E-state index in [0.717, 1.165) is 0 Å².